The number of methoxy groups -OCH3 is 1. The molecular formula is C35H32FNO5. The van der Waals surface area contributed by atoms with Crippen LogP contribution in [0.25, 0.3) is 33.2 Å². The zero-order chi connectivity index (χ0) is 29.5. The van der Waals surface area contributed by atoms with Crippen LogP contribution in [0.4, 0.5) is 4.39 Å². The highest BCUT2D eigenvalue weighted by Crippen LogP contribution is 2.47. The van der Waals surface area contributed by atoms with Crippen LogP contribution in [0.1, 0.15) is 42.2 Å². The molecule has 1 aromatic heterocycles. The van der Waals surface area contributed by atoms with Crippen LogP contribution in [0.2, 0.25) is 0 Å². The second kappa shape index (κ2) is 11.0. The van der Waals surface area contributed by atoms with Gasteiger partial charge in [0.25, 0.3) is 0 Å². The third kappa shape index (κ3) is 4.80. The van der Waals surface area contributed by atoms with Gasteiger partial charge in [-0.25, -0.2) is 4.39 Å². The van der Waals surface area contributed by atoms with E-state index in [9.17, 15) is 15.0 Å². The quantitative estimate of drug-likeness (QED) is 0.204. The van der Waals surface area contributed by atoms with Crippen LogP contribution in [0.5, 0.6) is 11.5 Å². The molecule has 3 atom stereocenters. The molecule has 2 N–H and O–H groups in total. The molecular weight excluding hydrogens is 533 g/mol. The Hall–Kier alpha value is -4.62. The van der Waals surface area contributed by atoms with Crippen molar-refractivity contribution in [1.82, 2.24) is 4.57 Å². The van der Waals surface area contributed by atoms with E-state index >= 15 is 4.39 Å². The van der Waals surface area contributed by atoms with Crippen molar-refractivity contribution < 1.29 is 28.9 Å². The minimum atomic E-state index is -1.15. The highest BCUT2D eigenvalue weighted by molar-refractivity contribution is 6.00. The molecule has 0 saturated heterocycles. The second-order valence-corrected chi connectivity index (χ2v) is 10.9. The number of rotatable bonds is 8. The Morgan fingerprint density at radius 2 is 1.79 bits per heavy atom. The number of aromatic nitrogens is 1. The number of fused-ring (bicyclic) bond motifs is 2. The molecule has 1 aliphatic carbocycles. The molecule has 1 aliphatic rings. The first-order valence-electron chi connectivity index (χ1n) is 14.0. The first-order valence-corrected chi connectivity index (χ1v) is 14.0. The van der Waals surface area contributed by atoms with Crippen LogP contribution in [0.15, 0.2) is 85.1 Å². The van der Waals surface area contributed by atoms with Gasteiger partial charge in [0.15, 0.2) is 0 Å². The normalized spacial score (nSPS) is 15.8. The van der Waals surface area contributed by atoms with Crippen LogP contribution < -0.4 is 9.47 Å². The summed E-state index contributed by atoms with van der Waals surface area (Å²) < 4.78 is 29.4. The van der Waals surface area contributed by atoms with Gasteiger partial charge in [-0.3, -0.25) is 4.79 Å². The number of ether oxygens (including phenoxy) is 2. The number of aliphatic hydroxyl groups excluding tert-OH is 1. The maximum Gasteiger partial charge on any atom is 0.309 e. The molecule has 4 aromatic carbocycles. The molecule has 0 fully saturated rings. The number of benzene rings is 4. The summed E-state index contributed by atoms with van der Waals surface area (Å²) in [6.45, 7) is 1.48. The first kappa shape index (κ1) is 27.5. The molecule has 0 amide bonds. The topological polar surface area (TPSA) is 80.9 Å². The summed E-state index contributed by atoms with van der Waals surface area (Å²) in [5.74, 6) is -1.22. The van der Waals surface area contributed by atoms with Gasteiger partial charge >= 0.3 is 5.97 Å². The van der Waals surface area contributed by atoms with E-state index in [1.807, 2.05) is 37.5 Å². The minimum absolute atomic E-state index is 0.264. The highest BCUT2D eigenvalue weighted by Gasteiger charge is 2.31. The molecule has 5 aromatic rings. The lowest BCUT2D eigenvalue weighted by Crippen LogP contribution is -2.18. The van der Waals surface area contributed by atoms with Crippen LogP contribution in [0, 0.1) is 11.7 Å². The third-order valence-electron chi connectivity index (χ3n) is 8.32. The number of carbonyl (C=O) groups is 1. The van der Waals surface area contributed by atoms with Crippen molar-refractivity contribution in [2.75, 3.05) is 7.11 Å². The Morgan fingerprint density at radius 3 is 2.57 bits per heavy atom. The maximum absolute atomic E-state index is 15.4. The van der Waals surface area contributed by atoms with E-state index in [0.29, 0.717) is 29.0 Å². The van der Waals surface area contributed by atoms with Crippen molar-refractivity contribution >= 4 is 16.9 Å². The Labute approximate surface area is 243 Å². The fraction of sp³-hybridized carbons (Fsp3) is 0.229. The van der Waals surface area contributed by atoms with Crippen molar-refractivity contribution in [2.24, 2.45) is 13.0 Å². The Morgan fingerprint density at radius 1 is 0.976 bits per heavy atom. The smallest absolute Gasteiger partial charge is 0.309 e. The van der Waals surface area contributed by atoms with Crippen LogP contribution in [0.3, 0.4) is 0 Å². The van der Waals surface area contributed by atoms with Crippen molar-refractivity contribution in [3.05, 3.63) is 108 Å². The van der Waals surface area contributed by atoms with Crippen molar-refractivity contribution in [3.8, 4) is 33.8 Å². The van der Waals surface area contributed by atoms with E-state index < -0.39 is 18.0 Å². The van der Waals surface area contributed by atoms with Crippen molar-refractivity contribution in [1.29, 1.82) is 0 Å². The van der Waals surface area contributed by atoms with E-state index in [2.05, 4.69) is 22.8 Å². The van der Waals surface area contributed by atoms with E-state index in [-0.39, 0.29) is 11.9 Å². The fourth-order valence-corrected chi connectivity index (χ4v) is 6.08. The van der Waals surface area contributed by atoms with E-state index in [0.717, 1.165) is 45.1 Å². The number of para-hydroxylation sites is 1. The standard InChI is InChI=1S/C35H32FNO5/c1-20(35(39)40)34(38)22-7-4-8-24(18-22)42-31-15-13-26-25(31)11-12-27(29-19-23(41-3)10-14-30(29)36)32(26)28-9-5-6-21-16-17-37(2)33(21)28/h4-12,14,16-20,31,34,38H,13,15H2,1-3H3,(H,39,40)/t20-,31+,34+/m0/s1. The number of carboxylic acids is 1. The summed E-state index contributed by atoms with van der Waals surface area (Å²) in [6, 6.07) is 24.0. The zero-order valence-corrected chi connectivity index (χ0v) is 23.7. The summed E-state index contributed by atoms with van der Waals surface area (Å²) in [5, 5.41) is 21.0. The molecule has 42 heavy (non-hydrogen) atoms. The Balaban J connectivity index is 1.47. The number of aliphatic carboxylic acids is 1. The average Bonchev–Trinajstić information content (AvgIpc) is 3.59. The summed E-state index contributed by atoms with van der Waals surface area (Å²) in [4.78, 5) is 11.4. The minimum Gasteiger partial charge on any atom is -0.497 e. The van der Waals surface area contributed by atoms with Crippen LogP contribution >= 0.6 is 0 Å². The Bertz CT molecular complexity index is 1810. The first-order chi connectivity index (χ1) is 20.3. The highest BCUT2D eigenvalue weighted by atomic mass is 19.1. The predicted molar refractivity (Wildman–Crippen MR) is 160 cm³/mol. The number of aryl methyl sites for hydroxylation is 1. The lowest BCUT2D eigenvalue weighted by molar-refractivity contribution is -0.145. The predicted octanol–water partition coefficient (Wildman–Crippen LogP) is 7.48. The van der Waals surface area contributed by atoms with Gasteiger partial charge in [-0.15, -0.1) is 0 Å². The fourth-order valence-electron chi connectivity index (χ4n) is 6.08. The number of hydrogen-bond donors (Lipinski definition) is 2. The molecule has 6 rings (SSSR count). The monoisotopic (exact) mass is 565 g/mol. The molecule has 0 radical (unpaired) electrons. The van der Waals surface area contributed by atoms with Gasteiger partial charge in [-0.05, 0) is 84.0 Å². The number of carboxylic acid groups (broad SMARTS) is 1. The lowest BCUT2D eigenvalue weighted by atomic mass is 9.87. The largest absolute Gasteiger partial charge is 0.497 e. The second-order valence-electron chi connectivity index (χ2n) is 10.9. The van der Waals surface area contributed by atoms with Gasteiger partial charge < -0.3 is 24.3 Å². The van der Waals surface area contributed by atoms with E-state index in [1.54, 1.807) is 37.4 Å². The number of nitrogens with zero attached hydrogens (tertiary/aromatic N) is 1. The van der Waals surface area contributed by atoms with Gasteiger partial charge in [-0.2, -0.15) is 0 Å². The van der Waals surface area contributed by atoms with Crippen LogP contribution in [-0.2, 0) is 18.3 Å². The third-order valence-corrected chi connectivity index (χ3v) is 8.32. The molecule has 0 bridgehead atoms. The van der Waals surface area contributed by atoms with Gasteiger partial charge in [0.1, 0.15) is 23.4 Å². The van der Waals surface area contributed by atoms with Gasteiger partial charge in [0.05, 0.1) is 24.6 Å². The Kier molecular flexibility index (Phi) is 7.21. The van der Waals surface area contributed by atoms with Crippen LogP contribution in [-0.4, -0.2) is 27.9 Å². The summed E-state index contributed by atoms with van der Waals surface area (Å²) in [5.41, 5.74) is 6.91. The van der Waals surface area contributed by atoms with E-state index in [1.165, 1.54) is 13.0 Å². The van der Waals surface area contributed by atoms with Crippen molar-refractivity contribution in [2.45, 2.75) is 32.0 Å². The molecule has 0 unspecified atom stereocenters. The molecule has 214 valence electrons. The molecule has 1 heterocycles. The van der Waals surface area contributed by atoms with Crippen molar-refractivity contribution in [3.63, 3.8) is 0 Å². The molecule has 0 saturated carbocycles. The molecule has 0 aliphatic heterocycles. The van der Waals surface area contributed by atoms with Gasteiger partial charge in [0, 0.05) is 29.8 Å². The molecule has 6 nitrogen and oxygen atoms in total. The SMILES string of the molecule is COc1ccc(F)c(-c2ccc3c(c2-c2cccc4ccn(C)c24)CC[C@H]3Oc2cccc([C@H](O)[C@H](C)C(=O)O)c2)c1. The maximum atomic E-state index is 15.4. The molecule has 0 spiro atoms. The molecule has 7 heteroatoms. The average molecular weight is 566 g/mol. The van der Waals surface area contributed by atoms with Gasteiger partial charge in [0.2, 0.25) is 0 Å². The summed E-state index contributed by atoms with van der Waals surface area (Å²) in [7, 11) is 3.59. The number of hydrogen-bond acceptors (Lipinski definition) is 4. The summed E-state index contributed by atoms with van der Waals surface area (Å²) >= 11 is 0. The number of aliphatic hydroxyl groups is 1. The summed E-state index contributed by atoms with van der Waals surface area (Å²) in [6.07, 6.45) is 2.06. The van der Waals surface area contributed by atoms with Gasteiger partial charge in [-0.1, -0.05) is 42.5 Å². The lowest BCUT2D eigenvalue weighted by Gasteiger charge is -2.21. The zero-order valence-electron chi connectivity index (χ0n) is 23.7. The van der Waals surface area contributed by atoms with E-state index in [4.69, 9.17) is 9.47 Å². The number of halogens is 1.